The summed E-state index contributed by atoms with van der Waals surface area (Å²) in [7, 11) is 1.53. The summed E-state index contributed by atoms with van der Waals surface area (Å²) in [6, 6.07) is 5.93. The van der Waals surface area contributed by atoms with Crippen LogP contribution >= 0.6 is 15.9 Å². The summed E-state index contributed by atoms with van der Waals surface area (Å²) in [4.78, 5) is 11.9. The lowest BCUT2D eigenvalue weighted by Crippen LogP contribution is -2.14. The molecule has 19 heavy (non-hydrogen) atoms. The molecule has 0 aliphatic heterocycles. The van der Waals surface area contributed by atoms with Crippen LogP contribution in [0, 0.1) is 5.82 Å². The Morgan fingerprint density at radius 2 is 2.32 bits per heavy atom. The van der Waals surface area contributed by atoms with E-state index < -0.39 is 11.7 Å². The van der Waals surface area contributed by atoms with Gasteiger partial charge in [0, 0.05) is 17.8 Å². The van der Waals surface area contributed by atoms with Gasteiger partial charge in [-0.05, 0) is 24.3 Å². The van der Waals surface area contributed by atoms with Crippen molar-refractivity contribution in [3.8, 4) is 0 Å². The molecule has 1 heterocycles. The number of methoxy groups -OCH3 is 1. The molecule has 0 saturated heterocycles. The number of carbonyl (C=O) groups excluding carboxylic acids is 1. The molecule has 0 aliphatic carbocycles. The van der Waals surface area contributed by atoms with Crippen molar-refractivity contribution in [2.24, 2.45) is 0 Å². The zero-order valence-corrected chi connectivity index (χ0v) is 11.6. The highest BCUT2D eigenvalue weighted by Gasteiger charge is 2.12. The average Bonchev–Trinajstić information content (AvgIpc) is 2.82. The minimum absolute atomic E-state index is 0.106. The Morgan fingerprint density at radius 1 is 1.53 bits per heavy atom. The van der Waals surface area contributed by atoms with Gasteiger partial charge < -0.3 is 10.1 Å². The quantitative estimate of drug-likeness (QED) is 0.939. The van der Waals surface area contributed by atoms with E-state index >= 15 is 0 Å². The maximum Gasteiger partial charge on any atom is 0.276 e. The van der Waals surface area contributed by atoms with Crippen molar-refractivity contribution in [2.45, 2.75) is 6.73 Å². The van der Waals surface area contributed by atoms with Crippen LogP contribution in [0.15, 0.2) is 34.9 Å². The van der Waals surface area contributed by atoms with Gasteiger partial charge in [0.15, 0.2) is 5.69 Å². The summed E-state index contributed by atoms with van der Waals surface area (Å²) in [6.45, 7) is 0.250. The molecule has 1 aromatic heterocycles. The van der Waals surface area contributed by atoms with Gasteiger partial charge in [-0.25, -0.2) is 9.07 Å². The molecule has 0 bridgehead atoms. The minimum atomic E-state index is -0.515. The van der Waals surface area contributed by atoms with Crippen LogP contribution in [0.4, 0.5) is 10.1 Å². The zero-order valence-electron chi connectivity index (χ0n) is 10.1. The molecular formula is C12H11BrFN3O2. The highest BCUT2D eigenvalue weighted by molar-refractivity contribution is 9.10. The molecule has 0 radical (unpaired) electrons. The normalized spacial score (nSPS) is 10.5. The lowest BCUT2D eigenvalue weighted by Gasteiger charge is -2.05. The summed E-state index contributed by atoms with van der Waals surface area (Å²) < 4.78 is 20.5. The van der Waals surface area contributed by atoms with Crippen molar-refractivity contribution in [1.82, 2.24) is 9.78 Å². The number of nitrogens with zero attached hydrogens (tertiary/aromatic N) is 2. The van der Waals surface area contributed by atoms with Crippen LogP contribution < -0.4 is 5.32 Å². The molecule has 0 unspecified atom stereocenters. The minimum Gasteiger partial charge on any atom is -0.362 e. The van der Waals surface area contributed by atoms with Crippen LogP contribution in [0.25, 0.3) is 0 Å². The first-order chi connectivity index (χ1) is 9.10. The summed E-state index contributed by atoms with van der Waals surface area (Å²) in [6.07, 6.45) is 1.61. The van der Waals surface area contributed by atoms with Crippen molar-refractivity contribution in [3.63, 3.8) is 0 Å². The molecule has 1 amide bonds. The third-order valence-electron chi connectivity index (χ3n) is 2.31. The van der Waals surface area contributed by atoms with Crippen LogP contribution in [0.3, 0.4) is 0 Å². The highest BCUT2D eigenvalue weighted by Crippen LogP contribution is 2.19. The number of ether oxygens (including phenoxy) is 1. The van der Waals surface area contributed by atoms with Gasteiger partial charge in [0.25, 0.3) is 5.91 Å². The van der Waals surface area contributed by atoms with Crippen molar-refractivity contribution in [3.05, 3.63) is 46.4 Å². The number of anilines is 1. The first-order valence-electron chi connectivity index (χ1n) is 5.39. The Hall–Kier alpha value is -1.73. The number of carbonyl (C=O) groups is 1. The lowest BCUT2D eigenvalue weighted by atomic mass is 10.3. The van der Waals surface area contributed by atoms with Gasteiger partial charge in [0.2, 0.25) is 0 Å². The van der Waals surface area contributed by atoms with E-state index in [4.69, 9.17) is 4.74 Å². The standard InChI is InChI=1S/C12H11BrFN3O2/c1-19-7-17-5-4-11(16-17)12(18)15-10-3-2-8(13)6-9(10)14/h2-6H,7H2,1H3,(H,15,18). The molecule has 2 aromatic rings. The number of rotatable bonds is 4. The summed E-state index contributed by atoms with van der Waals surface area (Å²) in [5.74, 6) is -0.991. The largest absolute Gasteiger partial charge is 0.362 e. The number of amides is 1. The average molecular weight is 328 g/mol. The van der Waals surface area contributed by atoms with E-state index in [-0.39, 0.29) is 18.1 Å². The van der Waals surface area contributed by atoms with Gasteiger partial charge in [-0.15, -0.1) is 0 Å². The fourth-order valence-corrected chi connectivity index (χ4v) is 1.80. The summed E-state index contributed by atoms with van der Waals surface area (Å²) in [5.41, 5.74) is 0.300. The molecular weight excluding hydrogens is 317 g/mol. The predicted octanol–water partition coefficient (Wildman–Crippen LogP) is 2.64. The Labute approximate surface area is 117 Å². The van der Waals surface area contributed by atoms with Gasteiger partial charge in [0.1, 0.15) is 12.5 Å². The second kappa shape index (κ2) is 5.94. The fraction of sp³-hybridized carbons (Fsp3) is 0.167. The van der Waals surface area contributed by atoms with Gasteiger partial charge in [-0.1, -0.05) is 15.9 Å². The highest BCUT2D eigenvalue weighted by atomic mass is 79.9. The molecule has 0 atom stereocenters. The van der Waals surface area contributed by atoms with E-state index in [1.54, 1.807) is 12.3 Å². The van der Waals surface area contributed by atoms with Gasteiger partial charge in [0.05, 0.1) is 5.69 Å². The number of hydrogen-bond donors (Lipinski definition) is 1. The molecule has 0 aliphatic rings. The maximum absolute atomic E-state index is 13.6. The van der Waals surface area contributed by atoms with E-state index in [0.29, 0.717) is 4.47 Å². The second-order valence-electron chi connectivity index (χ2n) is 3.74. The van der Waals surface area contributed by atoms with Gasteiger partial charge in [-0.2, -0.15) is 5.10 Å². The number of aromatic nitrogens is 2. The molecule has 2 rings (SSSR count). The molecule has 7 heteroatoms. The molecule has 0 fully saturated rings. The van der Waals surface area contributed by atoms with E-state index in [1.165, 1.54) is 30.0 Å². The van der Waals surface area contributed by atoms with Crippen LogP contribution in [0.5, 0.6) is 0 Å². The molecule has 1 N–H and O–H groups in total. The van der Waals surface area contributed by atoms with Crippen LogP contribution in [-0.2, 0) is 11.5 Å². The van der Waals surface area contributed by atoms with Gasteiger partial charge in [-0.3, -0.25) is 4.79 Å². The summed E-state index contributed by atoms with van der Waals surface area (Å²) in [5, 5.41) is 6.45. The Bertz CT molecular complexity index is 600. The van der Waals surface area contributed by atoms with Crippen molar-refractivity contribution in [1.29, 1.82) is 0 Å². The molecule has 0 saturated carbocycles. The maximum atomic E-state index is 13.6. The Morgan fingerprint density at radius 3 is 3.00 bits per heavy atom. The zero-order chi connectivity index (χ0) is 13.8. The monoisotopic (exact) mass is 327 g/mol. The van der Waals surface area contributed by atoms with E-state index in [2.05, 4.69) is 26.3 Å². The van der Waals surface area contributed by atoms with Crippen LogP contribution in [0.2, 0.25) is 0 Å². The van der Waals surface area contributed by atoms with E-state index in [9.17, 15) is 9.18 Å². The SMILES string of the molecule is COCn1ccc(C(=O)Nc2ccc(Br)cc2F)n1. The first-order valence-corrected chi connectivity index (χ1v) is 6.18. The van der Waals surface area contributed by atoms with Crippen molar-refractivity contribution in [2.75, 3.05) is 12.4 Å². The van der Waals surface area contributed by atoms with Crippen molar-refractivity contribution < 1.29 is 13.9 Å². The fourth-order valence-electron chi connectivity index (χ4n) is 1.46. The first kappa shape index (κ1) is 13.7. The van der Waals surface area contributed by atoms with E-state index in [0.717, 1.165) is 0 Å². The predicted molar refractivity (Wildman–Crippen MR) is 71.3 cm³/mol. The number of hydrogen-bond acceptors (Lipinski definition) is 3. The van der Waals surface area contributed by atoms with Crippen LogP contribution in [0.1, 0.15) is 10.5 Å². The third-order valence-corrected chi connectivity index (χ3v) is 2.81. The topological polar surface area (TPSA) is 56.1 Å². The number of benzene rings is 1. The number of halogens is 2. The van der Waals surface area contributed by atoms with Crippen LogP contribution in [-0.4, -0.2) is 22.8 Å². The lowest BCUT2D eigenvalue weighted by molar-refractivity contribution is 0.101. The third kappa shape index (κ3) is 3.39. The van der Waals surface area contributed by atoms with E-state index in [1.807, 2.05) is 0 Å². The Balaban J connectivity index is 2.11. The molecule has 1 aromatic carbocycles. The number of nitrogens with one attached hydrogen (secondary N) is 1. The van der Waals surface area contributed by atoms with Crippen molar-refractivity contribution >= 4 is 27.5 Å². The molecule has 0 spiro atoms. The second-order valence-corrected chi connectivity index (χ2v) is 4.65. The molecule has 5 nitrogen and oxygen atoms in total. The van der Waals surface area contributed by atoms with Gasteiger partial charge >= 0.3 is 0 Å². The Kier molecular flexibility index (Phi) is 4.28. The molecule has 100 valence electrons. The smallest absolute Gasteiger partial charge is 0.276 e. The summed E-state index contributed by atoms with van der Waals surface area (Å²) >= 11 is 3.15.